The summed E-state index contributed by atoms with van der Waals surface area (Å²) in [5.41, 5.74) is 2.70. The quantitative estimate of drug-likeness (QED) is 0.292. The number of likely N-dealkylation sites (tertiary alicyclic amines) is 1. The zero-order chi connectivity index (χ0) is 19.5. The Morgan fingerprint density at radius 1 is 1.11 bits per heavy atom. The van der Waals surface area contributed by atoms with Crippen molar-refractivity contribution >= 4 is 29.9 Å². The molecule has 28 heavy (non-hydrogen) atoms. The molecule has 1 unspecified atom stereocenters. The van der Waals surface area contributed by atoms with Crippen LogP contribution in [-0.2, 0) is 13.1 Å². The molecule has 0 aliphatic carbocycles. The molecular weight excluding hydrogens is 461 g/mol. The van der Waals surface area contributed by atoms with Gasteiger partial charge in [0.1, 0.15) is 0 Å². The first-order valence-electron chi connectivity index (χ1n) is 10.8. The van der Waals surface area contributed by atoms with Crippen LogP contribution in [0.1, 0.15) is 51.7 Å². The summed E-state index contributed by atoms with van der Waals surface area (Å²) in [6, 6.07) is 9.33. The topological polar surface area (TPSA) is 42.9 Å². The summed E-state index contributed by atoms with van der Waals surface area (Å²) in [5.74, 6) is 0.929. The molecule has 0 spiro atoms. The third kappa shape index (κ3) is 7.87. The van der Waals surface area contributed by atoms with Gasteiger partial charge in [-0.1, -0.05) is 45.0 Å². The molecule has 2 rings (SSSR count). The minimum Gasteiger partial charge on any atom is -0.357 e. The smallest absolute Gasteiger partial charge is 0.191 e. The van der Waals surface area contributed by atoms with E-state index in [9.17, 15) is 0 Å². The number of guanidine groups is 1. The Morgan fingerprint density at radius 3 is 2.46 bits per heavy atom. The number of nitrogens with zero attached hydrogens (tertiary/aromatic N) is 3. The summed E-state index contributed by atoms with van der Waals surface area (Å²) >= 11 is 0. The van der Waals surface area contributed by atoms with E-state index in [2.05, 4.69) is 72.4 Å². The predicted octanol–water partition coefficient (Wildman–Crippen LogP) is 3.69. The fourth-order valence-electron chi connectivity index (χ4n) is 3.82. The average molecular weight is 502 g/mol. The molecule has 160 valence electrons. The summed E-state index contributed by atoms with van der Waals surface area (Å²) in [7, 11) is 0. The van der Waals surface area contributed by atoms with Crippen LogP contribution >= 0.6 is 24.0 Å². The number of likely N-dealkylation sites (N-methyl/N-ethyl adjacent to an activating group) is 1. The van der Waals surface area contributed by atoms with Gasteiger partial charge in [0.15, 0.2) is 5.96 Å². The van der Waals surface area contributed by atoms with Crippen LogP contribution < -0.4 is 10.6 Å². The van der Waals surface area contributed by atoms with Crippen LogP contribution in [0, 0.1) is 0 Å². The van der Waals surface area contributed by atoms with Crippen molar-refractivity contribution in [3.63, 3.8) is 0 Å². The fourth-order valence-corrected chi connectivity index (χ4v) is 3.82. The van der Waals surface area contributed by atoms with Gasteiger partial charge in [0.2, 0.25) is 0 Å². The van der Waals surface area contributed by atoms with Crippen molar-refractivity contribution in [2.24, 2.45) is 4.99 Å². The maximum absolute atomic E-state index is 4.87. The minimum absolute atomic E-state index is 0. The normalized spacial score (nSPS) is 17.6. The third-order valence-corrected chi connectivity index (χ3v) is 5.57. The third-order valence-electron chi connectivity index (χ3n) is 5.57. The molecule has 0 bridgehead atoms. The maximum atomic E-state index is 4.87. The van der Waals surface area contributed by atoms with Crippen LogP contribution in [0.2, 0.25) is 0 Å². The van der Waals surface area contributed by atoms with Gasteiger partial charge in [0, 0.05) is 25.7 Å². The van der Waals surface area contributed by atoms with Gasteiger partial charge >= 0.3 is 0 Å². The van der Waals surface area contributed by atoms with Crippen LogP contribution in [0.15, 0.2) is 29.3 Å². The van der Waals surface area contributed by atoms with E-state index in [1.165, 1.54) is 30.5 Å². The van der Waals surface area contributed by atoms with Crippen molar-refractivity contribution in [1.29, 1.82) is 0 Å². The zero-order valence-corrected chi connectivity index (χ0v) is 20.5. The van der Waals surface area contributed by atoms with Crippen molar-refractivity contribution < 1.29 is 0 Å². The second kappa shape index (κ2) is 14.2. The van der Waals surface area contributed by atoms with Gasteiger partial charge in [-0.15, -0.1) is 24.0 Å². The summed E-state index contributed by atoms with van der Waals surface area (Å²) < 4.78 is 0. The van der Waals surface area contributed by atoms with E-state index < -0.39 is 0 Å². The molecule has 1 fully saturated rings. The molecule has 0 saturated carbocycles. The predicted molar refractivity (Wildman–Crippen MR) is 132 cm³/mol. The maximum Gasteiger partial charge on any atom is 0.191 e. The van der Waals surface area contributed by atoms with E-state index in [-0.39, 0.29) is 24.0 Å². The summed E-state index contributed by atoms with van der Waals surface area (Å²) in [4.78, 5) is 9.89. The Balaban J connectivity index is 0.00000392. The first-order valence-corrected chi connectivity index (χ1v) is 10.8. The second-order valence-corrected chi connectivity index (χ2v) is 7.23. The number of halogens is 1. The van der Waals surface area contributed by atoms with E-state index >= 15 is 0 Å². The number of hydrogen-bond acceptors (Lipinski definition) is 3. The lowest BCUT2D eigenvalue weighted by Gasteiger charge is -2.24. The van der Waals surface area contributed by atoms with E-state index in [4.69, 9.17) is 4.99 Å². The molecule has 0 amide bonds. The van der Waals surface area contributed by atoms with Crippen molar-refractivity contribution in [3.05, 3.63) is 35.4 Å². The molecule has 1 aliphatic heterocycles. The second-order valence-electron chi connectivity index (χ2n) is 7.23. The Hall–Kier alpha value is -0.860. The summed E-state index contributed by atoms with van der Waals surface area (Å²) in [5, 5.41) is 6.97. The molecule has 0 aromatic heterocycles. The Kier molecular flexibility index (Phi) is 12.7. The Morgan fingerprint density at radius 2 is 1.82 bits per heavy atom. The summed E-state index contributed by atoms with van der Waals surface area (Å²) in [6.45, 7) is 16.9. The zero-order valence-electron chi connectivity index (χ0n) is 18.2. The highest BCUT2D eigenvalue weighted by molar-refractivity contribution is 14.0. The molecule has 1 aromatic rings. The highest BCUT2D eigenvalue weighted by Crippen LogP contribution is 2.16. The number of benzene rings is 1. The highest BCUT2D eigenvalue weighted by atomic mass is 127. The summed E-state index contributed by atoms with van der Waals surface area (Å²) in [6.07, 6.45) is 2.60. The lowest BCUT2D eigenvalue weighted by molar-refractivity contribution is 0.267. The van der Waals surface area contributed by atoms with Gasteiger partial charge in [0.25, 0.3) is 0 Å². The standard InChI is InChI=1S/C22H39N5.HI/c1-5-23-22(25-17-21-14-11-15-27(21)8-4)24-16-19-12-9-10-13-20(19)18-26(6-2)7-3;/h9-10,12-13,21H,5-8,11,14-18H2,1-4H3,(H2,23,24,25);1H. The lowest BCUT2D eigenvalue weighted by atomic mass is 10.1. The van der Waals surface area contributed by atoms with Crippen LogP contribution in [0.25, 0.3) is 0 Å². The van der Waals surface area contributed by atoms with Crippen molar-refractivity contribution in [2.75, 3.05) is 39.3 Å². The van der Waals surface area contributed by atoms with E-state index in [1.54, 1.807) is 0 Å². The first-order chi connectivity index (χ1) is 13.2. The lowest BCUT2D eigenvalue weighted by Crippen LogP contribution is -2.44. The van der Waals surface area contributed by atoms with Crippen molar-refractivity contribution in [2.45, 2.75) is 59.7 Å². The molecule has 0 radical (unpaired) electrons. The number of hydrogen-bond donors (Lipinski definition) is 2. The minimum atomic E-state index is 0. The van der Waals surface area contributed by atoms with E-state index in [1.807, 2.05) is 0 Å². The van der Waals surface area contributed by atoms with Crippen molar-refractivity contribution in [3.8, 4) is 0 Å². The van der Waals surface area contributed by atoms with Crippen LogP contribution in [0.4, 0.5) is 0 Å². The van der Waals surface area contributed by atoms with Gasteiger partial charge < -0.3 is 10.6 Å². The Labute approximate surface area is 189 Å². The van der Waals surface area contributed by atoms with E-state index in [0.717, 1.165) is 51.8 Å². The number of nitrogens with one attached hydrogen (secondary N) is 2. The molecule has 2 N–H and O–H groups in total. The molecule has 1 aromatic carbocycles. The number of rotatable bonds is 10. The molecular formula is C22H40IN5. The molecule has 1 saturated heterocycles. The Bertz CT molecular complexity index is 574. The van der Waals surface area contributed by atoms with Crippen LogP contribution in [0.3, 0.4) is 0 Å². The van der Waals surface area contributed by atoms with Gasteiger partial charge in [-0.3, -0.25) is 9.80 Å². The van der Waals surface area contributed by atoms with Gasteiger partial charge in [-0.2, -0.15) is 0 Å². The van der Waals surface area contributed by atoms with Crippen LogP contribution in [-0.4, -0.2) is 61.1 Å². The van der Waals surface area contributed by atoms with Crippen LogP contribution in [0.5, 0.6) is 0 Å². The number of aliphatic imine (C=N–C) groups is 1. The fraction of sp³-hybridized carbons (Fsp3) is 0.682. The molecule has 1 aliphatic rings. The van der Waals surface area contributed by atoms with Gasteiger partial charge in [-0.05, 0) is 57.1 Å². The molecule has 5 nitrogen and oxygen atoms in total. The van der Waals surface area contributed by atoms with E-state index in [0.29, 0.717) is 6.04 Å². The highest BCUT2D eigenvalue weighted by Gasteiger charge is 2.22. The first kappa shape index (κ1) is 25.2. The monoisotopic (exact) mass is 501 g/mol. The van der Waals surface area contributed by atoms with Crippen molar-refractivity contribution in [1.82, 2.24) is 20.4 Å². The molecule has 1 heterocycles. The van der Waals surface area contributed by atoms with Gasteiger partial charge in [-0.25, -0.2) is 4.99 Å². The molecule has 1 atom stereocenters. The SMILES string of the molecule is CCNC(=NCc1ccccc1CN(CC)CC)NCC1CCCN1CC.I. The molecule has 6 heteroatoms. The average Bonchev–Trinajstić information content (AvgIpc) is 3.16. The van der Waals surface area contributed by atoms with Gasteiger partial charge in [0.05, 0.1) is 6.54 Å². The largest absolute Gasteiger partial charge is 0.357 e.